The van der Waals surface area contributed by atoms with Gasteiger partial charge in [-0.3, -0.25) is 0 Å². The van der Waals surface area contributed by atoms with Crippen molar-refractivity contribution in [1.29, 1.82) is 0 Å². The molecule has 1 saturated heterocycles. The van der Waals surface area contributed by atoms with Crippen LogP contribution in [0.5, 0.6) is 11.6 Å². The number of benzene rings is 2. The van der Waals surface area contributed by atoms with Crippen molar-refractivity contribution < 1.29 is 19.0 Å². The molecular weight excluding hydrogens is 478 g/mol. The van der Waals surface area contributed by atoms with Crippen LogP contribution in [0.15, 0.2) is 71.7 Å². The van der Waals surface area contributed by atoms with Crippen LogP contribution in [0.3, 0.4) is 0 Å². The molecule has 1 aromatic heterocycles. The average molecular weight is 508 g/mol. The minimum absolute atomic E-state index is 0.236. The van der Waals surface area contributed by atoms with Crippen molar-refractivity contribution in [3.8, 4) is 11.6 Å². The summed E-state index contributed by atoms with van der Waals surface area (Å²) in [5.74, 6) is 0.952. The molecule has 1 fully saturated rings. The zero-order valence-electron chi connectivity index (χ0n) is 20.9. The number of aromatic nitrogens is 1. The minimum Gasteiger partial charge on any atom is -0.490 e. The number of aliphatic imine (C=N–C) groups is 1. The van der Waals surface area contributed by atoms with Crippen LogP contribution in [0.4, 0.5) is 10.6 Å². The van der Waals surface area contributed by atoms with Gasteiger partial charge < -0.3 is 19.1 Å². The van der Waals surface area contributed by atoms with E-state index < -0.39 is 5.60 Å². The third-order valence-corrected chi connectivity index (χ3v) is 5.76. The molecule has 2 heterocycles. The Morgan fingerprint density at radius 1 is 1.06 bits per heavy atom. The molecule has 3 aromatic rings. The molecule has 0 bridgehead atoms. The van der Waals surface area contributed by atoms with E-state index in [4.69, 9.17) is 30.8 Å². The number of rotatable bonds is 6. The molecular formula is C28H30ClN3O4. The Balaban J connectivity index is 1.63. The van der Waals surface area contributed by atoms with E-state index in [0.29, 0.717) is 36.1 Å². The van der Waals surface area contributed by atoms with Crippen LogP contribution in [0.25, 0.3) is 0 Å². The third kappa shape index (κ3) is 6.34. The van der Waals surface area contributed by atoms with Crippen molar-refractivity contribution in [3.63, 3.8) is 0 Å². The van der Waals surface area contributed by atoms with Crippen molar-refractivity contribution in [2.75, 3.05) is 20.2 Å². The summed E-state index contributed by atoms with van der Waals surface area (Å²) in [5, 5.41) is 0.337. The first-order valence-electron chi connectivity index (χ1n) is 11.8. The number of pyridine rings is 1. The Bertz CT molecular complexity index is 1190. The van der Waals surface area contributed by atoms with Crippen molar-refractivity contribution >= 4 is 29.2 Å². The number of hydrogen-bond donors (Lipinski definition) is 0. The maximum absolute atomic E-state index is 12.4. The Hall–Kier alpha value is -3.58. The van der Waals surface area contributed by atoms with E-state index in [-0.39, 0.29) is 18.1 Å². The maximum atomic E-state index is 12.4. The molecule has 7 nitrogen and oxygen atoms in total. The highest BCUT2D eigenvalue weighted by molar-refractivity contribution is 6.32. The van der Waals surface area contributed by atoms with E-state index in [9.17, 15) is 4.79 Å². The molecule has 0 radical (unpaired) electrons. The van der Waals surface area contributed by atoms with Gasteiger partial charge in [0.05, 0.1) is 24.4 Å². The van der Waals surface area contributed by atoms with Crippen LogP contribution in [-0.2, 0) is 4.74 Å². The SMILES string of the molecule is COc1c(Cl)cc(N=C(c2ccccc2)c2ccccc2)nc1O[C@H]1CCN(C(=O)OC(C)(C)C)C1. The Kier molecular flexibility index (Phi) is 7.79. The fourth-order valence-corrected chi connectivity index (χ4v) is 4.12. The molecule has 1 aliphatic heterocycles. The number of amides is 1. The second kappa shape index (κ2) is 11.0. The monoisotopic (exact) mass is 507 g/mol. The second-order valence-corrected chi connectivity index (χ2v) is 9.86. The summed E-state index contributed by atoms with van der Waals surface area (Å²) in [4.78, 5) is 23.6. The number of carbonyl (C=O) groups is 1. The van der Waals surface area contributed by atoms with Crippen LogP contribution >= 0.6 is 11.6 Å². The van der Waals surface area contributed by atoms with Gasteiger partial charge in [0, 0.05) is 30.2 Å². The van der Waals surface area contributed by atoms with Crippen LogP contribution in [-0.4, -0.2) is 53.6 Å². The molecule has 1 amide bonds. The summed E-state index contributed by atoms with van der Waals surface area (Å²) >= 11 is 6.55. The highest BCUT2D eigenvalue weighted by atomic mass is 35.5. The molecule has 0 aliphatic carbocycles. The summed E-state index contributed by atoms with van der Waals surface area (Å²) < 4.78 is 17.1. The summed E-state index contributed by atoms with van der Waals surface area (Å²) in [6.07, 6.45) is -0.00807. The number of hydrogen-bond acceptors (Lipinski definition) is 6. The largest absolute Gasteiger partial charge is 0.490 e. The lowest BCUT2D eigenvalue weighted by atomic mass is 10.0. The lowest BCUT2D eigenvalue weighted by Crippen LogP contribution is -2.36. The van der Waals surface area contributed by atoms with Crippen molar-refractivity contribution in [2.45, 2.75) is 38.9 Å². The van der Waals surface area contributed by atoms with Gasteiger partial charge in [0.1, 0.15) is 11.7 Å². The number of likely N-dealkylation sites (tertiary alicyclic amines) is 1. The number of ether oxygens (including phenoxy) is 3. The van der Waals surface area contributed by atoms with Gasteiger partial charge in [0.2, 0.25) is 0 Å². The molecule has 0 unspecified atom stereocenters. The summed E-state index contributed by atoms with van der Waals surface area (Å²) in [6, 6.07) is 21.4. The quantitative estimate of drug-likeness (QED) is 0.366. The number of methoxy groups -OCH3 is 1. The molecule has 2 aromatic carbocycles. The maximum Gasteiger partial charge on any atom is 0.410 e. The molecule has 0 spiro atoms. The van der Waals surface area contributed by atoms with Crippen LogP contribution in [0, 0.1) is 0 Å². The third-order valence-electron chi connectivity index (χ3n) is 5.48. The van der Waals surface area contributed by atoms with Gasteiger partial charge >= 0.3 is 6.09 Å². The normalized spacial score (nSPS) is 15.4. The lowest BCUT2D eigenvalue weighted by Gasteiger charge is -2.24. The van der Waals surface area contributed by atoms with Gasteiger partial charge in [-0.05, 0) is 20.8 Å². The van der Waals surface area contributed by atoms with Crippen LogP contribution in [0.1, 0.15) is 38.3 Å². The molecule has 4 rings (SSSR count). The van der Waals surface area contributed by atoms with Crippen LogP contribution < -0.4 is 9.47 Å². The molecule has 36 heavy (non-hydrogen) atoms. The fraction of sp³-hybridized carbons (Fsp3) is 0.321. The highest BCUT2D eigenvalue weighted by Gasteiger charge is 2.32. The first-order chi connectivity index (χ1) is 17.2. The van der Waals surface area contributed by atoms with E-state index in [1.165, 1.54) is 7.11 Å². The zero-order chi connectivity index (χ0) is 25.7. The summed E-state index contributed by atoms with van der Waals surface area (Å²) in [6.45, 7) is 6.44. The van der Waals surface area contributed by atoms with E-state index in [2.05, 4.69) is 4.98 Å². The molecule has 8 heteroatoms. The highest BCUT2D eigenvalue weighted by Crippen LogP contribution is 2.37. The van der Waals surface area contributed by atoms with Gasteiger partial charge in [0.25, 0.3) is 5.88 Å². The van der Waals surface area contributed by atoms with Crippen molar-refractivity contribution in [2.24, 2.45) is 4.99 Å². The fourth-order valence-electron chi connectivity index (χ4n) is 3.87. The summed E-state index contributed by atoms with van der Waals surface area (Å²) in [7, 11) is 1.51. The topological polar surface area (TPSA) is 73.3 Å². The molecule has 0 saturated carbocycles. The minimum atomic E-state index is -0.560. The van der Waals surface area contributed by atoms with Crippen LogP contribution in [0.2, 0.25) is 5.02 Å². The second-order valence-electron chi connectivity index (χ2n) is 9.45. The molecule has 188 valence electrons. The van der Waals surface area contributed by atoms with Gasteiger partial charge in [0.15, 0.2) is 11.6 Å². The molecule has 1 aliphatic rings. The smallest absolute Gasteiger partial charge is 0.410 e. The van der Waals surface area contributed by atoms with Crippen molar-refractivity contribution in [1.82, 2.24) is 9.88 Å². The lowest BCUT2D eigenvalue weighted by molar-refractivity contribution is 0.0274. The zero-order valence-corrected chi connectivity index (χ0v) is 21.7. The van der Waals surface area contributed by atoms with E-state index in [0.717, 1.165) is 16.8 Å². The predicted octanol–water partition coefficient (Wildman–Crippen LogP) is 6.30. The number of carbonyl (C=O) groups excluding carboxylic acids is 1. The van der Waals surface area contributed by atoms with Gasteiger partial charge in [-0.2, -0.15) is 4.98 Å². The number of nitrogens with zero attached hydrogens (tertiary/aromatic N) is 3. The molecule has 0 N–H and O–H groups in total. The first kappa shape index (κ1) is 25.5. The van der Waals surface area contributed by atoms with E-state index in [1.807, 2.05) is 81.4 Å². The van der Waals surface area contributed by atoms with Gasteiger partial charge in [-0.1, -0.05) is 72.3 Å². The Labute approximate surface area is 216 Å². The Morgan fingerprint density at radius 3 is 2.22 bits per heavy atom. The summed E-state index contributed by atoms with van der Waals surface area (Å²) in [5.41, 5.74) is 2.09. The standard InChI is InChI=1S/C28H30ClN3O4/c1-28(2,3)36-27(33)32-16-15-21(18-32)35-26-25(34-4)22(29)17-23(31-26)30-24(19-11-7-5-8-12-19)20-13-9-6-10-14-20/h5-14,17,21H,15-16,18H2,1-4H3/t21-/m0/s1. The van der Waals surface area contributed by atoms with Gasteiger partial charge in [-0.25, -0.2) is 9.79 Å². The van der Waals surface area contributed by atoms with Gasteiger partial charge in [-0.15, -0.1) is 0 Å². The number of halogens is 1. The molecule has 1 atom stereocenters. The van der Waals surface area contributed by atoms with E-state index >= 15 is 0 Å². The average Bonchev–Trinajstić information content (AvgIpc) is 3.31. The first-order valence-corrected chi connectivity index (χ1v) is 12.2. The Morgan fingerprint density at radius 2 is 1.67 bits per heavy atom. The van der Waals surface area contributed by atoms with Crippen molar-refractivity contribution in [3.05, 3.63) is 82.9 Å². The van der Waals surface area contributed by atoms with E-state index in [1.54, 1.807) is 11.0 Å². The predicted molar refractivity (Wildman–Crippen MR) is 141 cm³/mol.